The molecule has 0 bridgehead atoms. The van der Waals surface area contributed by atoms with Crippen molar-refractivity contribution in [2.75, 3.05) is 0 Å². The van der Waals surface area contributed by atoms with Gasteiger partial charge in [0.15, 0.2) is 0 Å². The summed E-state index contributed by atoms with van der Waals surface area (Å²) in [5, 5.41) is 0. The topological polar surface area (TPSA) is 26.3 Å². The fraction of sp³-hybridized carbons (Fsp3) is 0.769. The minimum atomic E-state index is -0.140. The zero-order valence-electron chi connectivity index (χ0n) is 9.92. The Bertz CT molecular complexity index is 221. The molecule has 86 valence electrons. The molecule has 2 nitrogen and oxygen atoms in total. The van der Waals surface area contributed by atoms with Crippen LogP contribution in [0.3, 0.4) is 0 Å². The average Bonchev–Trinajstić information content (AvgIpc) is 2.20. The lowest BCUT2D eigenvalue weighted by molar-refractivity contribution is -0.147. The second kappa shape index (κ2) is 6.65. The van der Waals surface area contributed by atoms with E-state index in [2.05, 4.69) is 13.0 Å². The molecular formula is C13H22O2. The molecule has 0 heterocycles. The Kier molecular flexibility index (Phi) is 5.44. The van der Waals surface area contributed by atoms with E-state index in [-0.39, 0.29) is 12.1 Å². The Morgan fingerprint density at radius 3 is 2.67 bits per heavy atom. The summed E-state index contributed by atoms with van der Waals surface area (Å²) < 4.78 is 5.20. The lowest BCUT2D eigenvalue weighted by Gasteiger charge is -2.23. The number of rotatable bonds is 4. The van der Waals surface area contributed by atoms with Crippen LogP contribution < -0.4 is 0 Å². The number of allylic oxidation sites excluding steroid dienone is 2. The molecule has 0 saturated heterocycles. The fourth-order valence-electron chi connectivity index (χ4n) is 2.03. The van der Waals surface area contributed by atoms with Gasteiger partial charge in [-0.25, -0.2) is 0 Å². The summed E-state index contributed by atoms with van der Waals surface area (Å²) >= 11 is 0. The molecule has 0 aromatic rings. The largest absolute Gasteiger partial charge is 0.463 e. The zero-order chi connectivity index (χ0) is 11.1. The molecule has 1 fully saturated rings. The highest BCUT2D eigenvalue weighted by atomic mass is 16.5. The van der Waals surface area contributed by atoms with E-state index in [4.69, 9.17) is 4.74 Å². The minimum absolute atomic E-state index is 0.140. The highest BCUT2D eigenvalue weighted by molar-refractivity contribution is 5.66. The van der Waals surface area contributed by atoms with Crippen LogP contribution in [-0.4, -0.2) is 12.1 Å². The predicted octanol–water partition coefficient (Wildman–Crippen LogP) is 3.61. The van der Waals surface area contributed by atoms with Crippen molar-refractivity contribution in [3.05, 3.63) is 11.6 Å². The van der Waals surface area contributed by atoms with Gasteiger partial charge >= 0.3 is 5.97 Å². The molecule has 0 unspecified atom stereocenters. The maximum Gasteiger partial charge on any atom is 0.302 e. The fourth-order valence-corrected chi connectivity index (χ4v) is 2.03. The third-order valence-electron chi connectivity index (χ3n) is 2.90. The molecule has 0 atom stereocenters. The van der Waals surface area contributed by atoms with E-state index < -0.39 is 0 Å². The lowest BCUT2D eigenvalue weighted by atomic mass is 9.91. The highest BCUT2D eigenvalue weighted by Crippen LogP contribution is 2.26. The molecule has 1 aliphatic carbocycles. The number of hydrogen-bond donors (Lipinski definition) is 0. The first kappa shape index (κ1) is 12.3. The molecule has 1 rings (SSSR count). The van der Waals surface area contributed by atoms with Crippen LogP contribution in [0.5, 0.6) is 0 Å². The molecule has 0 aromatic heterocycles. The second-order valence-corrected chi connectivity index (χ2v) is 4.31. The number of hydrogen-bond acceptors (Lipinski definition) is 2. The minimum Gasteiger partial charge on any atom is -0.463 e. The van der Waals surface area contributed by atoms with E-state index in [0.717, 1.165) is 25.7 Å². The van der Waals surface area contributed by atoms with Gasteiger partial charge in [-0.1, -0.05) is 31.4 Å². The van der Waals surface area contributed by atoms with Gasteiger partial charge in [0.1, 0.15) is 6.10 Å². The molecular weight excluding hydrogens is 188 g/mol. The predicted molar refractivity (Wildman–Crippen MR) is 61.6 cm³/mol. The first-order chi connectivity index (χ1) is 7.22. The van der Waals surface area contributed by atoms with Crippen LogP contribution in [0.4, 0.5) is 0 Å². The lowest BCUT2D eigenvalue weighted by Crippen LogP contribution is -2.20. The average molecular weight is 210 g/mol. The summed E-state index contributed by atoms with van der Waals surface area (Å²) in [6, 6.07) is 0. The molecule has 1 aliphatic rings. The molecule has 0 spiro atoms. The SMILES string of the molecule is CCCCC=C1CCC(OC(C)=O)CC1. The molecule has 0 aliphatic heterocycles. The Balaban J connectivity index is 2.23. The first-order valence-corrected chi connectivity index (χ1v) is 6.07. The second-order valence-electron chi connectivity index (χ2n) is 4.31. The van der Waals surface area contributed by atoms with Gasteiger partial charge in [0.25, 0.3) is 0 Å². The van der Waals surface area contributed by atoms with Crippen molar-refractivity contribution in [1.29, 1.82) is 0 Å². The molecule has 1 saturated carbocycles. The van der Waals surface area contributed by atoms with Crippen molar-refractivity contribution in [2.45, 2.75) is 64.9 Å². The van der Waals surface area contributed by atoms with E-state index in [1.54, 1.807) is 5.57 Å². The van der Waals surface area contributed by atoms with Crippen LogP contribution in [0.15, 0.2) is 11.6 Å². The summed E-state index contributed by atoms with van der Waals surface area (Å²) in [4.78, 5) is 10.8. The first-order valence-electron chi connectivity index (χ1n) is 6.07. The number of carbonyl (C=O) groups excluding carboxylic acids is 1. The van der Waals surface area contributed by atoms with E-state index in [9.17, 15) is 4.79 Å². The van der Waals surface area contributed by atoms with Crippen molar-refractivity contribution >= 4 is 5.97 Å². The molecule has 15 heavy (non-hydrogen) atoms. The van der Waals surface area contributed by atoms with Crippen LogP contribution >= 0.6 is 0 Å². The summed E-state index contributed by atoms with van der Waals surface area (Å²) in [6.07, 6.45) is 10.6. The van der Waals surface area contributed by atoms with Crippen LogP contribution in [-0.2, 0) is 9.53 Å². The Morgan fingerprint density at radius 2 is 2.13 bits per heavy atom. The van der Waals surface area contributed by atoms with Crippen molar-refractivity contribution in [1.82, 2.24) is 0 Å². The van der Waals surface area contributed by atoms with Crippen LogP contribution in [0.25, 0.3) is 0 Å². The zero-order valence-corrected chi connectivity index (χ0v) is 9.92. The molecule has 0 N–H and O–H groups in total. The van der Waals surface area contributed by atoms with Crippen LogP contribution in [0.2, 0.25) is 0 Å². The summed E-state index contributed by atoms with van der Waals surface area (Å²) in [5.41, 5.74) is 1.56. The highest BCUT2D eigenvalue weighted by Gasteiger charge is 2.18. The Morgan fingerprint density at radius 1 is 1.47 bits per heavy atom. The van der Waals surface area contributed by atoms with Crippen molar-refractivity contribution in [3.8, 4) is 0 Å². The molecule has 2 heteroatoms. The number of ether oxygens (including phenoxy) is 1. The van der Waals surface area contributed by atoms with Gasteiger partial charge in [0, 0.05) is 6.92 Å². The molecule has 0 radical (unpaired) electrons. The van der Waals surface area contributed by atoms with E-state index in [0.29, 0.717) is 0 Å². The Hall–Kier alpha value is -0.790. The van der Waals surface area contributed by atoms with Crippen LogP contribution in [0.1, 0.15) is 58.8 Å². The van der Waals surface area contributed by atoms with Crippen molar-refractivity contribution in [2.24, 2.45) is 0 Å². The van der Waals surface area contributed by atoms with E-state index in [1.807, 2.05) is 0 Å². The standard InChI is InChI=1S/C13H22O2/c1-3-4-5-6-12-7-9-13(10-8-12)15-11(2)14/h6,13H,3-5,7-10H2,1-2H3. The van der Waals surface area contributed by atoms with Crippen LogP contribution in [0, 0.1) is 0 Å². The third kappa shape index (κ3) is 5.01. The van der Waals surface area contributed by atoms with Gasteiger partial charge in [-0.15, -0.1) is 0 Å². The smallest absolute Gasteiger partial charge is 0.302 e. The van der Waals surface area contributed by atoms with Gasteiger partial charge in [-0.2, -0.15) is 0 Å². The summed E-state index contributed by atoms with van der Waals surface area (Å²) in [7, 11) is 0. The number of esters is 1. The molecule has 0 amide bonds. The third-order valence-corrected chi connectivity index (χ3v) is 2.90. The summed E-state index contributed by atoms with van der Waals surface area (Å²) in [5.74, 6) is -0.140. The van der Waals surface area contributed by atoms with E-state index >= 15 is 0 Å². The molecule has 0 aromatic carbocycles. The van der Waals surface area contributed by atoms with E-state index in [1.165, 1.54) is 26.2 Å². The number of carbonyl (C=O) groups is 1. The van der Waals surface area contributed by atoms with Gasteiger partial charge in [0.2, 0.25) is 0 Å². The van der Waals surface area contributed by atoms with Crippen molar-refractivity contribution < 1.29 is 9.53 Å². The van der Waals surface area contributed by atoms with Gasteiger partial charge in [0.05, 0.1) is 0 Å². The quantitative estimate of drug-likeness (QED) is 0.402. The van der Waals surface area contributed by atoms with Gasteiger partial charge < -0.3 is 4.74 Å². The van der Waals surface area contributed by atoms with Gasteiger partial charge in [-0.3, -0.25) is 4.79 Å². The summed E-state index contributed by atoms with van der Waals surface area (Å²) in [6.45, 7) is 3.71. The monoisotopic (exact) mass is 210 g/mol. The van der Waals surface area contributed by atoms with Crippen molar-refractivity contribution in [3.63, 3.8) is 0 Å². The maximum absolute atomic E-state index is 10.8. The van der Waals surface area contributed by atoms with Gasteiger partial charge in [-0.05, 0) is 32.1 Å². The normalized spacial score (nSPS) is 21.2. The maximum atomic E-state index is 10.8. The Labute approximate surface area is 92.7 Å². The number of unbranched alkanes of at least 4 members (excludes halogenated alkanes) is 2.